The Morgan fingerprint density at radius 1 is 1.12 bits per heavy atom. The fourth-order valence-electron chi connectivity index (χ4n) is 3.03. The molecule has 33 heavy (non-hydrogen) atoms. The average molecular weight is 504 g/mol. The monoisotopic (exact) mass is 503 g/mol. The van der Waals surface area contributed by atoms with Crippen LogP contribution in [0.25, 0.3) is 0 Å². The Morgan fingerprint density at radius 3 is 2.48 bits per heavy atom. The summed E-state index contributed by atoms with van der Waals surface area (Å²) in [4.78, 5) is 15.3. The molecular formula is C21H18ClN5O4S2. The molecule has 0 aliphatic rings. The fourth-order valence-corrected chi connectivity index (χ4v) is 4.94. The number of hydrogen-bond acceptors (Lipinski definition) is 7. The Bertz CT molecular complexity index is 1350. The number of benzene rings is 2. The van der Waals surface area contributed by atoms with Crippen molar-refractivity contribution in [2.45, 2.75) is 17.9 Å². The van der Waals surface area contributed by atoms with Gasteiger partial charge in [0.15, 0.2) is 5.13 Å². The molecule has 170 valence electrons. The summed E-state index contributed by atoms with van der Waals surface area (Å²) in [5.74, 6) is -0.563. The molecule has 2 aromatic heterocycles. The second-order valence-corrected chi connectivity index (χ2v) is 9.98. The Morgan fingerprint density at radius 2 is 1.85 bits per heavy atom. The number of carbonyl (C=O) groups is 1. The number of halogens is 1. The number of nitrogens with one attached hydrogen (secondary N) is 2. The van der Waals surface area contributed by atoms with Crippen molar-refractivity contribution in [3.8, 4) is 0 Å². The smallest absolute Gasteiger partial charge is 0.325 e. The third-order valence-corrected chi connectivity index (χ3v) is 6.93. The number of nitrogens with zero attached hydrogens (tertiary/aromatic N) is 3. The minimum Gasteiger partial charge on any atom is -0.480 e. The van der Waals surface area contributed by atoms with Gasteiger partial charge < -0.3 is 10.4 Å². The van der Waals surface area contributed by atoms with Gasteiger partial charge in [-0.3, -0.25) is 9.52 Å². The molecule has 2 heterocycles. The first-order chi connectivity index (χ1) is 15.8. The van der Waals surface area contributed by atoms with Gasteiger partial charge in [-0.1, -0.05) is 23.7 Å². The first-order valence-electron chi connectivity index (χ1n) is 9.61. The van der Waals surface area contributed by atoms with Crippen LogP contribution in [0.3, 0.4) is 0 Å². The molecular weight excluding hydrogens is 486 g/mol. The molecule has 0 bridgehead atoms. The molecule has 12 heteroatoms. The Kier molecular flexibility index (Phi) is 6.63. The van der Waals surface area contributed by atoms with Gasteiger partial charge in [0.2, 0.25) is 0 Å². The van der Waals surface area contributed by atoms with Crippen molar-refractivity contribution in [2.24, 2.45) is 0 Å². The molecule has 9 nitrogen and oxygen atoms in total. The molecule has 0 saturated carbocycles. The molecule has 0 fully saturated rings. The number of hydrogen-bond donors (Lipinski definition) is 3. The van der Waals surface area contributed by atoms with Gasteiger partial charge in [0, 0.05) is 34.8 Å². The highest BCUT2D eigenvalue weighted by Gasteiger charge is 2.16. The summed E-state index contributed by atoms with van der Waals surface area (Å²) in [6.45, 7) is -0.326. The molecule has 0 spiro atoms. The highest BCUT2D eigenvalue weighted by Crippen LogP contribution is 2.23. The summed E-state index contributed by atoms with van der Waals surface area (Å²) in [6, 6.07) is 15.2. The predicted molar refractivity (Wildman–Crippen MR) is 127 cm³/mol. The van der Waals surface area contributed by atoms with E-state index in [4.69, 9.17) is 11.6 Å². The van der Waals surface area contributed by atoms with Crippen molar-refractivity contribution in [2.75, 3.05) is 10.0 Å². The minimum atomic E-state index is -3.77. The predicted octanol–water partition coefficient (Wildman–Crippen LogP) is 4.21. The van der Waals surface area contributed by atoms with Gasteiger partial charge in [-0.05, 0) is 42.0 Å². The second kappa shape index (κ2) is 9.61. The standard InChI is InChI=1S/C21H18ClN5O4S2/c22-15-3-1-14(2-4-15)11-17-12-19(27(25-17)13-20(28)29)24-16-5-7-18(8-6-16)33(30,31)26-21-23-9-10-32-21/h1-10,12,24H,11,13H2,(H,23,26)(H,28,29). The summed E-state index contributed by atoms with van der Waals surface area (Å²) < 4.78 is 28.7. The number of carboxylic acid groups (broad SMARTS) is 1. The first-order valence-corrected chi connectivity index (χ1v) is 12.3. The number of rotatable bonds is 9. The maximum atomic E-state index is 12.5. The SMILES string of the molecule is O=C(O)Cn1nc(Cc2ccc(Cl)cc2)cc1Nc1ccc(S(=O)(=O)Nc2nccs2)cc1. The Labute approximate surface area is 198 Å². The van der Waals surface area contributed by atoms with Crippen LogP contribution in [0.4, 0.5) is 16.6 Å². The van der Waals surface area contributed by atoms with Crippen LogP contribution in [0, 0.1) is 0 Å². The number of aromatic nitrogens is 3. The first kappa shape index (κ1) is 22.8. The lowest BCUT2D eigenvalue weighted by Crippen LogP contribution is -2.13. The van der Waals surface area contributed by atoms with Gasteiger partial charge in [-0.25, -0.2) is 18.1 Å². The number of carboxylic acids is 1. The Balaban J connectivity index is 1.52. The van der Waals surface area contributed by atoms with Crippen LogP contribution in [-0.4, -0.2) is 34.3 Å². The molecule has 4 rings (SSSR count). The molecule has 0 atom stereocenters. The largest absolute Gasteiger partial charge is 0.480 e. The zero-order valence-corrected chi connectivity index (χ0v) is 19.4. The topological polar surface area (TPSA) is 126 Å². The van der Waals surface area contributed by atoms with Crippen LogP contribution in [0.5, 0.6) is 0 Å². The van der Waals surface area contributed by atoms with E-state index in [1.54, 1.807) is 35.7 Å². The van der Waals surface area contributed by atoms with Crippen LogP contribution >= 0.6 is 22.9 Å². The Hall–Kier alpha value is -3.41. The number of anilines is 3. The van der Waals surface area contributed by atoms with E-state index < -0.39 is 16.0 Å². The van der Waals surface area contributed by atoms with Crippen molar-refractivity contribution < 1.29 is 18.3 Å². The van der Waals surface area contributed by atoms with E-state index in [0.717, 1.165) is 5.56 Å². The van der Waals surface area contributed by atoms with Crippen molar-refractivity contribution in [3.63, 3.8) is 0 Å². The molecule has 0 radical (unpaired) electrons. The lowest BCUT2D eigenvalue weighted by Gasteiger charge is -2.09. The van der Waals surface area contributed by atoms with Crippen molar-refractivity contribution in [1.82, 2.24) is 14.8 Å². The van der Waals surface area contributed by atoms with Gasteiger partial charge in [-0.2, -0.15) is 5.10 Å². The molecule has 0 saturated heterocycles. The highest BCUT2D eigenvalue weighted by molar-refractivity contribution is 7.93. The summed E-state index contributed by atoms with van der Waals surface area (Å²) in [6.07, 6.45) is 2.01. The summed E-state index contributed by atoms with van der Waals surface area (Å²) in [5, 5.41) is 19.3. The van der Waals surface area contributed by atoms with E-state index in [-0.39, 0.29) is 16.6 Å². The van der Waals surface area contributed by atoms with E-state index in [9.17, 15) is 18.3 Å². The number of thiazole rings is 1. The third-order valence-electron chi connectivity index (χ3n) is 4.51. The lowest BCUT2D eigenvalue weighted by atomic mass is 10.1. The fraction of sp³-hybridized carbons (Fsp3) is 0.0952. The van der Waals surface area contributed by atoms with Crippen molar-refractivity contribution >= 4 is 55.6 Å². The summed E-state index contributed by atoms with van der Waals surface area (Å²) >= 11 is 7.11. The maximum absolute atomic E-state index is 12.5. The van der Waals surface area contributed by atoms with Gasteiger partial charge in [0.25, 0.3) is 10.0 Å². The van der Waals surface area contributed by atoms with Crippen LogP contribution in [0.15, 0.2) is 71.1 Å². The van der Waals surface area contributed by atoms with Gasteiger partial charge in [-0.15, -0.1) is 11.3 Å². The van der Waals surface area contributed by atoms with Gasteiger partial charge >= 0.3 is 5.97 Å². The number of aliphatic carboxylic acids is 1. The number of sulfonamides is 1. The van der Waals surface area contributed by atoms with E-state index in [0.29, 0.717) is 28.6 Å². The van der Waals surface area contributed by atoms with E-state index >= 15 is 0 Å². The molecule has 0 aliphatic heterocycles. The van der Waals surface area contributed by atoms with E-state index in [2.05, 4.69) is 20.1 Å². The summed E-state index contributed by atoms with van der Waals surface area (Å²) in [5.41, 5.74) is 2.23. The zero-order valence-electron chi connectivity index (χ0n) is 17.0. The zero-order chi connectivity index (χ0) is 23.4. The third kappa shape index (κ3) is 5.89. The van der Waals surface area contributed by atoms with Crippen molar-refractivity contribution in [3.05, 3.63) is 82.5 Å². The lowest BCUT2D eigenvalue weighted by molar-refractivity contribution is -0.137. The quantitative estimate of drug-likeness (QED) is 0.312. The highest BCUT2D eigenvalue weighted by atomic mass is 35.5. The normalized spacial score (nSPS) is 11.3. The van der Waals surface area contributed by atoms with Crippen LogP contribution in [-0.2, 0) is 27.8 Å². The van der Waals surface area contributed by atoms with Crippen LogP contribution < -0.4 is 10.0 Å². The molecule has 2 aromatic carbocycles. The molecule has 4 aromatic rings. The molecule has 0 amide bonds. The maximum Gasteiger partial charge on any atom is 0.325 e. The van der Waals surface area contributed by atoms with Gasteiger partial charge in [0.05, 0.1) is 10.6 Å². The second-order valence-electron chi connectivity index (χ2n) is 6.97. The van der Waals surface area contributed by atoms with Gasteiger partial charge in [0.1, 0.15) is 12.4 Å². The van der Waals surface area contributed by atoms with E-state index in [1.165, 1.54) is 34.3 Å². The molecule has 0 aliphatic carbocycles. The van der Waals surface area contributed by atoms with Crippen LogP contribution in [0.2, 0.25) is 5.02 Å². The molecule has 3 N–H and O–H groups in total. The average Bonchev–Trinajstić information content (AvgIpc) is 3.39. The van der Waals surface area contributed by atoms with E-state index in [1.807, 2.05) is 12.1 Å². The molecule has 0 unspecified atom stereocenters. The van der Waals surface area contributed by atoms with Crippen LogP contribution in [0.1, 0.15) is 11.3 Å². The van der Waals surface area contributed by atoms with Crippen molar-refractivity contribution in [1.29, 1.82) is 0 Å². The minimum absolute atomic E-state index is 0.0747. The summed E-state index contributed by atoms with van der Waals surface area (Å²) in [7, 11) is -3.77.